The molecule has 2 aliphatic heterocycles. The molecule has 2 unspecified atom stereocenters. The Balaban J connectivity index is 1.90. The van der Waals surface area contributed by atoms with Gasteiger partial charge >= 0.3 is 12.1 Å². The predicted molar refractivity (Wildman–Crippen MR) is 127 cm³/mol. The second kappa shape index (κ2) is 9.62. The topological polar surface area (TPSA) is 65.1 Å². The number of esters is 1. The Bertz CT molecular complexity index is 842. The molecule has 1 fully saturated rings. The molecule has 7 heteroatoms. The van der Waals surface area contributed by atoms with Gasteiger partial charge in [0, 0.05) is 29.9 Å². The van der Waals surface area contributed by atoms with Gasteiger partial charge in [-0.3, -0.25) is 4.79 Å². The number of fused-ring (bicyclic) bond motifs is 1. The highest BCUT2D eigenvalue weighted by Crippen LogP contribution is 2.45. The summed E-state index contributed by atoms with van der Waals surface area (Å²) in [7, 11) is 0. The van der Waals surface area contributed by atoms with E-state index >= 15 is 0 Å². The number of rotatable bonds is 4. The first kappa shape index (κ1) is 24.9. The summed E-state index contributed by atoms with van der Waals surface area (Å²) in [5.74, 6) is 0.304. The van der Waals surface area contributed by atoms with Gasteiger partial charge in [-0.05, 0) is 65.9 Å². The van der Waals surface area contributed by atoms with Crippen molar-refractivity contribution in [2.75, 3.05) is 19.7 Å². The maximum Gasteiger partial charge on any atom is 0.410 e. The Hall–Kier alpha value is -1.76. The van der Waals surface area contributed by atoms with E-state index in [-0.39, 0.29) is 29.8 Å². The minimum atomic E-state index is -0.579. The van der Waals surface area contributed by atoms with Crippen molar-refractivity contribution in [2.45, 2.75) is 76.8 Å². The van der Waals surface area contributed by atoms with E-state index in [1.807, 2.05) is 53.7 Å². The lowest BCUT2D eigenvalue weighted by Gasteiger charge is -2.36. The molecule has 3 rings (SSSR count). The summed E-state index contributed by atoms with van der Waals surface area (Å²) in [6, 6.07) is 6.12. The van der Waals surface area contributed by atoms with Crippen molar-refractivity contribution in [3.05, 3.63) is 29.3 Å². The van der Waals surface area contributed by atoms with Crippen LogP contribution < -0.4 is 4.74 Å². The van der Waals surface area contributed by atoms with Crippen molar-refractivity contribution < 1.29 is 23.8 Å². The largest absolute Gasteiger partial charge is 0.493 e. The van der Waals surface area contributed by atoms with Crippen LogP contribution in [0.2, 0.25) is 0 Å². The van der Waals surface area contributed by atoms with E-state index in [2.05, 4.69) is 22.0 Å². The molecule has 0 aromatic heterocycles. The number of ether oxygens (including phenoxy) is 3. The highest BCUT2D eigenvalue weighted by molar-refractivity contribution is 9.08. The lowest BCUT2D eigenvalue weighted by atomic mass is 9.74. The molecule has 0 radical (unpaired) electrons. The minimum Gasteiger partial charge on any atom is -0.493 e. The van der Waals surface area contributed by atoms with Crippen LogP contribution in [0.15, 0.2) is 18.2 Å². The molecule has 178 valence electrons. The Morgan fingerprint density at radius 2 is 1.81 bits per heavy atom. The van der Waals surface area contributed by atoms with Crippen LogP contribution in [0.4, 0.5) is 4.79 Å². The van der Waals surface area contributed by atoms with Gasteiger partial charge in [0.25, 0.3) is 0 Å². The van der Waals surface area contributed by atoms with Gasteiger partial charge in [0.15, 0.2) is 0 Å². The molecule has 2 aliphatic rings. The Morgan fingerprint density at radius 1 is 1.12 bits per heavy atom. The van der Waals surface area contributed by atoms with Crippen LogP contribution in [0.5, 0.6) is 5.75 Å². The van der Waals surface area contributed by atoms with Gasteiger partial charge in [-0.1, -0.05) is 34.1 Å². The number of halogens is 1. The standard InChI is InChI=1S/C25H36BrNO5/c1-24(2,3)31-22(28)20(17-10-12-27(15-17)23(29)32-25(4,5)6)18-11-13-30-21-16(14-26)8-7-9-19(18)21/h7-9,17-18,20H,10-15H2,1-6H3/t17-,18?,20?/m0/s1. The smallest absolute Gasteiger partial charge is 0.410 e. The Labute approximate surface area is 200 Å². The number of carbonyl (C=O) groups is 2. The van der Waals surface area contributed by atoms with E-state index in [4.69, 9.17) is 14.2 Å². The van der Waals surface area contributed by atoms with Crippen LogP contribution in [-0.2, 0) is 19.6 Å². The zero-order valence-corrected chi connectivity index (χ0v) is 21.7. The number of nitrogens with zero attached hydrogens (tertiary/aromatic N) is 1. The van der Waals surface area contributed by atoms with Gasteiger partial charge in [-0.2, -0.15) is 0 Å². The molecule has 1 amide bonds. The SMILES string of the molecule is CC(C)(C)OC(=O)C(C1CCOc2c(CBr)cccc21)[C@H]1CCN(C(=O)OC(C)(C)C)C1. The lowest BCUT2D eigenvalue weighted by molar-refractivity contribution is -0.163. The summed E-state index contributed by atoms with van der Waals surface area (Å²) in [5.41, 5.74) is 1.01. The monoisotopic (exact) mass is 509 g/mol. The summed E-state index contributed by atoms with van der Waals surface area (Å²) < 4.78 is 17.5. The second-order valence-corrected chi connectivity index (χ2v) is 11.3. The van der Waals surface area contributed by atoms with Crippen molar-refractivity contribution in [3.8, 4) is 5.75 Å². The van der Waals surface area contributed by atoms with Crippen LogP contribution >= 0.6 is 15.9 Å². The normalized spacial score (nSPS) is 22.0. The van der Waals surface area contributed by atoms with Crippen molar-refractivity contribution in [1.82, 2.24) is 4.90 Å². The summed E-state index contributed by atoms with van der Waals surface area (Å²) >= 11 is 3.55. The quantitative estimate of drug-likeness (QED) is 0.386. The summed E-state index contributed by atoms with van der Waals surface area (Å²) in [4.78, 5) is 27.9. The molecule has 1 aromatic rings. The fourth-order valence-electron chi connectivity index (χ4n) is 4.62. The van der Waals surface area contributed by atoms with Crippen LogP contribution in [0.3, 0.4) is 0 Å². The van der Waals surface area contributed by atoms with Crippen molar-refractivity contribution >= 4 is 28.0 Å². The number of alkyl halides is 1. The molecule has 2 heterocycles. The molecule has 0 N–H and O–H groups in total. The number of benzene rings is 1. The van der Waals surface area contributed by atoms with Gasteiger partial charge in [-0.25, -0.2) is 4.79 Å². The third-order valence-electron chi connectivity index (χ3n) is 5.84. The first-order chi connectivity index (χ1) is 14.9. The highest BCUT2D eigenvalue weighted by atomic mass is 79.9. The molecule has 0 aliphatic carbocycles. The average Bonchev–Trinajstić information content (AvgIpc) is 3.15. The second-order valence-electron chi connectivity index (χ2n) is 10.7. The third kappa shape index (κ3) is 5.97. The number of amides is 1. The lowest BCUT2D eigenvalue weighted by Crippen LogP contribution is -2.40. The molecule has 32 heavy (non-hydrogen) atoms. The first-order valence-corrected chi connectivity index (χ1v) is 12.5. The zero-order valence-electron chi connectivity index (χ0n) is 20.1. The maximum atomic E-state index is 13.5. The van der Waals surface area contributed by atoms with E-state index in [0.717, 1.165) is 29.7 Å². The highest BCUT2D eigenvalue weighted by Gasteiger charge is 2.45. The number of carbonyl (C=O) groups excluding carboxylic acids is 2. The number of para-hydroxylation sites is 1. The van der Waals surface area contributed by atoms with Crippen LogP contribution in [-0.4, -0.2) is 47.9 Å². The maximum absolute atomic E-state index is 13.5. The van der Waals surface area contributed by atoms with Gasteiger partial charge in [-0.15, -0.1) is 0 Å². The molecule has 0 spiro atoms. The predicted octanol–water partition coefficient (Wildman–Crippen LogP) is 5.66. The molecule has 0 saturated carbocycles. The molecule has 0 bridgehead atoms. The molecular formula is C25H36BrNO5. The van der Waals surface area contributed by atoms with Crippen LogP contribution in [0.1, 0.15) is 71.4 Å². The fourth-order valence-corrected chi connectivity index (χ4v) is 5.06. The van der Waals surface area contributed by atoms with Gasteiger partial charge < -0.3 is 19.1 Å². The molecular weight excluding hydrogens is 474 g/mol. The molecule has 3 atom stereocenters. The third-order valence-corrected chi connectivity index (χ3v) is 6.45. The van der Waals surface area contributed by atoms with E-state index in [0.29, 0.717) is 25.0 Å². The average molecular weight is 510 g/mol. The zero-order chi connectivity index (χ0) is 23.7. The van der Waals surface area contributed by atoms with E-state index < -0.39 is 11.2 Å². The fraction of sp³-hybridized carbons (Fsp3) is 0.680. The number of likely N-dealkylation sites (tertiary alicyclic amines) is 1. The molecule has 1 aromatic carbocycles. The van der Waals surface area contributed by atoms with Gasteiger partial charge in [0.05, 0.1) is 12.5 Å². The summed E-state index contributed by atoms with van der Waals surface area (Å²) in [6.07, 6.45) is 1.16. The van der Waals surface area contributed by atoms with Crippen molar-refractivity contribution in [1.29, 1.82) is 0 Å². The molecule has 6 nitrogen and oxygen atoms in total. The number of hydrogen-bond donors (Lipinski definition) is 0. The van der Waals surface area contributed by atoms with Crippen LogP contribution in [0, 0.1) is 11.8 Å². The Morgan fingerprint density at radius 3 is 2.44 bits per heavy atom. The van der Waals surface area contributed by atoms with Crippen molar-refractivity contribution in [3.63, 3.8) is 0 Å². The summed E-state index contributed by atoms with van der Waals surface area (Å²) in [6.45, 7) is 12.9. The minimum absolute atomic E-state index is 0.000875. The first-order valence-electron chi connectivity index (χ1n) is 11.4. The molecule has 1 saturated heterocycles. The van der Waals surface area contributed by atoms with Gasteiger partial charge in [0.1, 0.15) is 17.0 Å². The van der Waals surface area contributed by atoms with E-state index in [1.165, 1.54) is 0 Å². The number of hydrogen-bond acceptors (Lipinski definition) is 5. The van der Waals surface area contributed by atoms with Crippen molar-refractivity contribution in [2.24, 2.45) is 11.8 Å². The van der Waals surface area contributed by atoms with Gasteiger partial charge in [0.2, 0.25) is 0 Å². The van der Waals surface area contributed by atoms with E-state index in [9.17, 15) is 9.59 Å². The van der Waals surface area contributed by atoms with Crippen LogP contribution in [0.25, 0.3) is 0 Å². The van der Waals surface area contributed by atoms with E-state index in [1.54, 1.807) is 4.90 Å². The summed E-state index contributed by atoms with van der Waals surface area (Å²) in [5, 5.41) is 0.690. The Kier molecular flexibility index (Phi) is 7.48.